The van der Waals surface area contributed by atoms with Crippen molar-refractivity contribution in [3.63, 3.8) is 0 Å². The molecular weight excluding hydrogens is 268 g/mol. The van der Waals surface area contributed by atoms with E-state index in [0.29, 0.717) is 0 Å². The van der Waals surface area contributed by atoms with Gasteiger partial charge in [0.05, 0.1) is 12.1 Å². The number of thiazole rings is 1. The van der Waals surface area contributed by atoms with Crippen molar-refractivity contribution in [3.8, 4) is 5.75 Å². The highest BCUT2D eigenvalue weighted by atomic mass is 32.1. The number of methoxy groups -OCH3 is 1. The van der Waals surface area contributed by atoms with Crippen LogP contribution in [-0.2, 0) is 13.0 Å². The molecule has 0 amide bonds. The third kappa shape index (κ3) is 4.62. The molecule has 0 atom stereocenters. The molecule has 4 heteroatoms. The highest BCUT2D eigenvalue weighted by Gasteiger charge is 2.10. The van der Waals surface area contributed by atoms with Crippen LogP contribution in [0.3, 0.4) is 0 Å². The van der Waals surface area contributed by atoms with Gasteiger partial charge in [-0.1, -0.05) is 12.1 Å². The van der Waals surface area contributed by atoms with Crippen molar-refractivity contribution in [1.82, 2.24) is 10.3 Å². The standard InChI is InChI=1S/C16H22N2OS/c1-16(2,3)18-11-14-10-17-15(20-14)9-12-6-5-7-13(8-12)19-4/h5-8,10,18H,9,11H2,1-4H3. The van der Waals surface area contributed by atoms with Gasteiger partial charge in [0.25, 0.3) is 0 Å². The second-order valence-corrected chi connectivity index (χ2v) is 7.05. The lowest BCUT2D eigenvalue weighted by molar-refractivity contribution is 0.414. The van der Waals surface area contributed by atoms with Crippen molar-refractivity contribution >= 4 is 11.3 Å². The average Bonchev–Trinajstić information content (AvgIpc) is 2.83. The summed E-state index contributed by atoms with van der Waals surface area (Å²) in [4.78, 5) is 5.78. The number of nitrogens with zero attached hydrogens (tertiary/aromatic N) is 1. The van der Waals surface area contributed by atoms with Gasteiger partial charge >= 0.3 is 0 Å². The fraction of sp³-hybridized carbons (Fsp3) is 0.438. The summed E-state index contributed by atoms with van der Waals surface area (Å²) in [5.74, 6) is 0.897. The van der Waals surface area contributed by atoms with Gasteiger partial charge in [0, 0.05) is 29.6 Å². The van der Waals surface area contributed by atoms with E-state index in [4.69, 9.17) is 4.74 Å². The lowest BCUT2D eigenvalue weighted by Crippen LogP contribution is -2.34. The van der Waals surface area contributed by atoms with Gasteiger partial charge in [-0.3, -0.25) is 0 Å². The Balaban J connectivity index is 1.98. The first kappa shape index (κ1) is 15.0. The normalized spacial score (nSPS) is 11.6. The molecule has 0 saturated heterocycles. The SMILES string of the molecule is COc1cccc(Cc2ncc(CNC(C)(C)C)s2)c1. The first-order chi connectivity index (χ1) is 9.46. The molecular formula is C16H22N2OS. The monoisotopic (exact) mass is 290 g/mol. The van der Waals surface area contributed by atoms with Crippen molar-refractivity contribution in [2.24, 2.45) is 0 Å². The molecule has 0 bridgehead atoms. The first-order valence-corrected chi connectivity index (χ1v) is 7.59. The number of hydrogen-bond acceptors (Lipinski definition) is 4. The van der Waals surface area contributed by atoms with Crippen LogP contribution in [-0.4, -0.2) is 17.6 Å². The van der Waals surface area contributed by atoms with Crippen LogP contribution in [0.1, 0.15) is 36.2 Å². The molecule has 0 saturated carbocycles. The van der Waals surface area contributed by atoms with Crippen LogP contribution < -0.4 is 10.1 Å². The maximum atomic E-state index is 5.25. The molecule has 1 heterocycles. The summed E-state index contributed by atoms with van der Waals surface area (Å²) in [6, 6.07) is 8.15. The fourth-order valence-electron chi connectivity index (χ4n) is 1.82. The molecule has 0 unspecified atom stereocenters. The molecule has 108 valence electrons. The van der Waals surface area contributed by atoms with Crippen LogP contribution in [0.15, 0.2) is 30.5 Å². The van der Waals surface area contributed by atoms with Gasteiger partial charge < -0.3 is 10.1 Å². The van der Waals surface area contributed by atoms with Crippen molar-refractivity contribution in [3.05, 3.63) is 45.9 Å². The van der Waals surface area contributed by atoms with E-state index in [-0.39, 0.29) is 5.54 Å². The van der Waals surface area contributed by atoms with Gasteiger partial charge in [0.1, 0.15) is 5.75 Å². The number of rotatable bonds is 5. The Hall–Kier alpha value is -1.39. The molecule has 2 aromatic rings. The minimum absolute atomic E-state index is 0.136. The van der Waals surface area contributed by atoms with Crippen LogP contribution in [0.5, 0.6) is 5.75 Å². The van der Waals surface area contributed by atoms with Crippen molar-refractivity contribution < 1.29 is 4.74 Å². The number of benzene rings is 1. The van der Waals surface area contributed by atoms with E-state index in [1.165, 1.54) is 10.4 Å². The van der Waals surface area contributed by atoms with Gasteiger partial charge in [-0.05, 0) is 38.5 Å². The molecule has 2 rings (SSSR count). The molecule has 1 aromatic carbocycles. The largest absolute Gasteiger partial charge is 0.497 e. The van der Waals surface area contributed by atoms with E-state index >= 15 is 0 Å². The molecule has 20 heavy (non-hydrogen) atoms. The van der Waals surface area contributed by atoms with E-state index in [0.717, 1.165) is 23.7 Å². The summed E-state index contributed by atoms with van der Waals surface area (Å²) in [6.07, 6.45) is 2.83. The van der Waals surface area contributed by atoms with Crippen LogP contribution in [0.2, 0.25) is 0 Å². The van der Waals surface area contributed by atoms with E-state index in [9.17, 15) is 0 Å². The maximum Gasteiger partial charge on any atom is 0.119 e. The smallest absolute Gasteiger partial charge is 0.119 e. The average molecular weight is 290 g/mol. The zero-order valence-electron chi connectivity index (χ0n) is 12.6. The summed E-state index contributed by atoms with van der Waals surface area (Å²) >= 11 is 1.77. The molecule has 0 spiro atoms. The molecule has 0 radical (unpaired) electrons. The Morgan fingerprint density at radius 2 is 2.10 bits per heavy atom. The van der Waals surface area contributed by atoms with Crippen LogP contribution in [0.25, 0.3) is 0 Å². The second kappa shape index (κ2) is 6.37. The van der Waals surface area contributed by atoms with Crippen molar-refractivity contribution in [2.75, 3.05) is 7.11 Å². The molecule has 0 fully saturated rings. The Bertz CT molecular complexity index is 558. The summed E-state index contributed by atoms with van der Waals surface area (Å²) in [7, 11) is 1.69. The Morgan fingerprint density at radius 3 is 2.80 bits per heavy atom. The van der Waals surface area contributed by atoms with Crippen LogP contribution in [0.4, 0.5) is 0 Å². The highest BCUT2D eigenvalue weighted by Crippen LogP contribution is 2.20. The molecule has 3 nitrogen and oxygen atoms in total. The van der Waals surface area contributed by atoms with Gasteiger partial charge in [0.15, 0.2) is 0 Å². The van der Waals surface area contributed by atoms with E-state index < -0.39 is 0 Å². The third-order valence-electron chi connectivity index (χ3n) is 2.88. The summed E-state index contributed by atoms with van der Waals surface area (Å²) in [5, 5.41) is 4.63. The summed E-state index contributed by atoms with van der Waals surface area (Å²) in [6.45, 7) is 7.39. The molecule has 0 aliphatic heterocycles. The lowest BCUT2D eigenvalue weighted by Gasteiger charge is -2.19. The zero-order valence-corrected chi connectivity index (χ0v) is 13.4. The first-order valence-electron chi connectivity index (χ1n) is 6.78. The quantitative estimate of drug-likeness (QED) is 0.913. The Kier molecular flexibility index (Phi) is 4.78. The molecule has 0 aliphatic carbocycles. The third-order valence-corrected chi connectivity index (χ3v) is 3.88. The number of aromatic nitrogens is 1. The molecule has 1 N–H and O–H groups in total. The Labute approximate surface area is 125 Å². The van der Waals surface area contributed by atoms with Gasteiger partial charge in [-0.2, -0.15) is 0 Å². The minimum Gasteiger partial charge on any atom is -0.497 e. The zero-order chi connectivity index (χ0) is 14.6. The lowest BCUT2D eigenvalue weighted by atomic mass is 10.1. The number of nitrogens with one attached hydrogen (secondary N) is 1. The number of hydrogen-bond donors (Lipinski definition) is 1. The van der Waals surface area contributed by atoms with Gasteiger partial charge in [-0.25, -0.2) is 4.98 Å². The van der Waals surface area contributed by atoms with Crippen LogP contribution in [0, 0.1) is 0 Å². The van der Waals surface area contributed by atoms with Crippen molar-refractivity contribution in [2.45, 2.75) is 39.3 Å². The topological polar surface area (TPSA) is 34.1 Å². The maximum absolute atomic E-state index is 5.25. The molecule has 1 aromatic heterocycles. The fourth-order valence-corrected chi connectivity index (χ4v) is 2.72. The van der Waals surface area contributed by atoms with Gasteiger partial charge in [0.2, 0.25) is 0 Å². The summed E-state index contributed by atoms with van der Waals surface area (Å²) in [5.41, 5.74) is 1.37. The van der Waals surface area contributed by atoms with Gasteiger partial charge in [-0.15, -0.1) is 11.3 Å². The number of ether oxygens (including phenoxy) is 1. The van der Waals surface area contributed by atoms with Crippen LogP contribution >= 0.6 is 11.3 Å². The highest BCUT2D eigenvalue weighted by molar-refractivity contribution is 7.11. The van der Waals surface area contributed by atoms with E-state index in [1.54, 1.807) is 18.4 Å². The minimum atomic E-state index is 0.136. The van der Waals surface area contributed by atoms with E-state index in [1.807, 2.05) is 18.3 Å². The summed E-state index contributed by atoms with van der Waals surface area (Å²) < 4.78 is 5.25. The predicted molar refractivity (Wildman–Crippen MR) is 84.5 cm³/mol. The second-order valence-electron chi connectivity index (χ2n) is 5.85. The Morgan fingerprint density at radius 1 is 1.30 bits per heavy atom. The predicted octanol–water partition coefficient (Wildman–Crippen LogP) is 3.63. The van der Waals surface area contributed by atoms with E-state index in [2.05, 4.69) is 43.2 Å². The van der Waals surface area contributed by atoms with Crippen molar-refractivity contribution in [1.29, 1.82) is 0 Å². The molecule has 0 aliphatic rings.